The van der Waals surface area contributed by atoms with E-state index in [-0.39, 0.29) is 22.7 Å². The molecule has 0 radical (unpaired) electrons. The molecule has 0 amide bonds. The van der Waals surface area contributed by atoms with Gasteiger partial charge >= 0.3 is 11.9 Å². The van der Waals surface area contributed by atoms with Gasteiger partial charge in [-0.2, -0.15) is 0 Å². The summed E-state index contributed by atoms with van der Waals surface area (Å²) in [7, 11) is 1.47. The molecule has 26 heavy (non-hydrogen) atoms. The van der Waals surface area contributed by atoms with Gasteiger partial charge < -0.3 is 9.84 Å². The van der Waals surface area contributed by atoms with Crippen LogP contribution in [0.1, 0.15) is 65.2 Å². The van der Waals surface area contributed by atoms with Crippen molar-refractivity contribution in [1.82, 2.24) is 0 Å². The molecule has 4 aliphatic carbocycles. The monoisotopic (exact) mass is 360 g/mol. The molecule has 0 aromatic heterocycles. The smallest absolute Gasteiger partial charge is 0.333 e. The summed E-state index contributed by atoms with van der Waals surface area (Å²) in [5.74, 6) is 1.45. The Labute approximate surface area is 156 Å². The zero-order valence-electron chi connectivity index (χ0n) is 16.3. The molecule has 0 aliphatic heterocycles. The molecule has 4 heteroatoms. The maximum atomic E-state index is 12.0. The number of rotatable bonds is 2. The molecule has 0 heterocycles. The van der Waals surface area contributed by atoms with Crippen LogP contribution >= 0.6 is 0 Å². The van der Waals surface area contributed by atoms with Gasteiger partial charge in [-0.1, -0.05) is 19.9 Å². The molecule has 4 aliphatic rings. The topological polar surface area (TPSA) is 63.6 Å². The Morgan fingerprint density at radius 1 is 1.04 bits per heavy atom. The number of carboxylic acids is 1. The van der Waals surface area contributed by atoms with Crippen LogP contribution in [0.2, 0.25) is 0 Å². The van der Waals surface area contributed by atoms with E-state index in [1.807, 2.05) is 0 Å². The van der Waals surface area contributed by atoms with E-state index in [0.29, 0.717) is 23.7 Å². The van der Waals surface area contributed by atoms with Crippen LogP contribution in [-0.4, -0.2) is 24.2 Å². The van der Waals surface area contributed by atoms with E-state index in [4.69, 9.17) is 4.74 Å². The predicted molar refractivity (Wildman–Crippen MR) is 98.3 cm³/mol. The van der Waals surface area contributed by atoms with Crippen molar-refractivity contribution < 1.29 is 19.4 Å². The molecule has 3 fully saturated rings. The zero-order chi connectivity index (χ0) is 18.7. The molecule has 0 saturated heterocycles. The third kappa shape index (κ3) is 2.40. The van der Waals surface area contributed by atoms with E-state index in [2.05, 4.69) is 19.9 Å². The Morgan fingerprint density at radius 2 is 1.77 bits per heavy atom. The average molecular weight is 360 g/mol. The minimum Gasteiger partial charge on any atom is -0.481 e. The second-order valence-electron chi connectivity index (χ2n) is 9.76. The number of carboxylic acid groups (broad SMARTS) is 1. The van der Waals surface area contributed by atoms with E-state index >= 15 is 0 Å². The van der Waals surface area contributed by atoms with Crippen LogP contribution in [0.4, 0.5) is 0 Å². The van der Waals surface area contributed by atoms with E-state index in [0.717, 1.165) is 50.5 Å². The number of allylic oxidation sites excluding steroid dienone is 1. The second-order valence-corrected chi connectivity index (χ2v) is 9.76. The van der Waals surface area contributed by atoms with Crippen molar-refractivity contribution >= 4 is 11.9 Å². The molecule has 2 unspecified atom stereocenters. The lowest BCUT2D eigenvalue weighted by Gasteiger charge is -2.59. The molecule has 0 spiro atoms. The molecule has 0 aromatic carbocycles. The van der Waals surface area contributed by atoms with Crippen LogP contribution in [0.15, 0.2) is 11.6 Å². The summed E-state index contributed by atoms with van der Waals surface area (Å²) in [6.07, 6.45) is 10.5. The van der Waals surface area contributed by atoms with Crippen molar-refractivity contribution in [3.63, 3.8) is 0 Å². The molecule has 7 atom stereocenters. The minimum absolute atomic E-state index is 0.0160. The van der Waals surface area contributed by atoms with Gasteiger partial charge in [-0.3, -0.25) is 4.79 Å². The third-order valence-corrected chi connectivity index (χ3v) is 9.02. The number of hydrogen-bond acceptors (Lipinski definition) is 3. The van der Waals surface area contributed by atoms with Gasteiger partial charge in [-0.15, -0.1) is 0 Å². The van der Waals surface area contributed by atoms with Crippen molar-refractivity contribution in [3.8, 4) is 0 Å². The Morgan fingerprint density at radius 3 is 2.46 bits per heavy atom. The maximum Gasteiger partial charge on any atom is 0.333 e. The summed E-state index contributed by atoms with van der Waals surface area (Å²) < 4.78 is 4.95. The van der Waals surface area contributed by atoms with E-state index in [1.165, 1.54) is 13.5 Å². The molecule has 4 nitrogen and oxygen atoms in total. The lowest BCUT2D eigenvalue weighted by molar-refractivity contribution is -0.150. The predicted octanol–water partition coefficient (Wildman–Crippen LogP) is 4.44. The van der Waals surface area contributed by atoms with Crippen molar-refractivity contribution in [2.45, 2.75) is 65.2 Å². The number of methoxy groups -OCH3 is 1. The van der Waals surface area contributed by atoms with Crippen LogP contribution in [0.25, 0.3) is 0 Å². The number of carbonyl (C=O) groups excluding carboxylic acids is 1. The molecule has 0 bridgehead atoms. The first kappa shape index (κ1) is 18.1. The average Bonchev–Trinajstić information content (AvgIpc) is 2.97. The number of carbonyl (C=O) groups is 2. The van der Waals surface area contributed by atoms with Crippen LogP contribution < -0.4 is 0 Å². The maximum absolute atomic E-state index is 12.0. The first-order chi connectivity index (χ1) is 12.3. The van der Waals surface area contributed by atoms with Crippen molar-refractivity contribution in [2.24, 2.45) is 40.4 Å². The highest BCUT2D eigenvalue weighted by Crippen LogP contribution is 2.67. The first-order valence-electron chi connectivity index (χ1n) is 10.3. The van der Waals surface area contributed by atoms with Crippen molar-refractivity contribution in [2.75, 3.05) is 7.11 Å². The summed E-state index contributed by atoms with van der Waals surface area (Å²) in [5.41, 5.74) is 1.10. The van der Waals surface area contributed by atoms with Crippen LogP contribution in [0.5, 0.6) is 0 Å². The highest BCUT2D eigenvalue weighted by molar-refractivity contribution is 5.88. The highest BCUT2D eigenvalue weighted by Gasteiger charge is 2.60. The van der Waals surface area contributed by atoms with Gasteiger partial charge in [0.15, 0.2) is 0 Å². The SMILES string of the molecule is COC(=O)C1=CC2CC[C@@H]3[C@@H](CC[C@]4(C)C(C(=O)O)CC[C@@H]34)[C@@]2(C)CC1. The number of hydrogen-bond donors (Lipinski definition) is 1. The minimum atomic E-state index is -0.586. The summed E-state index contributed by atoms with van der Waals surface area (Å²) in [4.78, 5) is 23.8. The zero-order valence-corrected chi connectivity index (χ0v) is 16.3. The number of esters is 1. The molecule has 3 saturated carbocycles. The van der Waals surface area contributed by atoms with Crippen LogP contribution in [0.3, 0.4) is 0 Å². The highest BCUT2D eigenvalue weighted by atomic mass is 16.5. The fraction of sp³-hybridized carbons (Fsp3) is 0.818. The van der Waals surface area contributed by atoms with Crippen LogP contribution in [-0.2, 0) is 14.3 Å². The lowest BCUT2D eigenvalue weighted by Crippen LogP contribution is -2.53. The number of aliphatic carboxylic acids is 1. The quantitative estimate of drug-likeness (QED) is 0.740. The first-order valence-corrected chi connectivity index (χ1v) is 10.3. The summed E-state index contributed by atoms with van der Waals surface area (Å²) >= 11 is 0. The van der Waals surface area contributed by atoms with Gasteiger partial charge in [0.05, 0.1) is 13.0 Å². The Balaban J connectivity index is 1.60. The fourth-order valence-electron chi connectivity index (χ4n) is 7.57. The van der Waals surface area contributed by atoms with Gasteiger partial charge in [0, 0.05) is 5.57 Å². The normalized spacial score (nSPS) is 47.2. The van der Waals surface area contributed by atoms with Crippen LogP contribution in [0, 0.1) is 40.4 Å². The van der Waals surface area contributed by atoms with E-state index in [1.54, 1.807) is 0 Å². The largest absolute Gasteiger partial charge is 0.481 e. The number of ether oxygens (including phenoxy) is 1. The second kappa shape index (κ2) is 6.10. The molecule has 0 aromatic rings. The Bertz CT molecular complexity index is 653. The standard InChI is InChI=1S/C22H32O4/c1-21-10-8-13(20(25)26-3)12-14(21)4-5-15-16-6-7-18(19(23)24)22(16,2)11-9-17(15)21/h12,14-18H,4-11H2,1-3H3,(H,23,24)/t14?,15-,16-,17+,18?,21-,22-/m0/s1. The summed E-state index contributed by atoms with van der Waals surface area (Å²) in [5, 5.41) is 9.70. The molecule has 1 N–H and O–H groups in total. The molecule has 144 valence electrons. The number of fused-ring (bicyclic) bond motifs is 5. The van der Waals surface area contributed by atoms with E-state index in [9.17, 15) is 14.7 Å². The molecular weight excluding hydrogens is 328 g/mol. The third-order valence-electron chi connectivity index (χ3n) is 9.02. The summed E-state index contributed by atoms with van der Waals surface area (Å²) in [6, 6.07) is 0. The summed E-state index contributed by atoms with van der Waals surface area (Å²) in [6.45, 7) is 4.69. The van der Waals surface area contributed by atoms with Gasteiger partial charge in [-0.05, 0) is 85.9 Å². The molecule has 4 rings (SSSR count). The Hall–Kier alpha value is -1.32. The van der Waals surface area contributed by atoms with Gasteiger partial charge in [0.1, 0.15) is 0 Å². The van der Waals surface area contributed by atoms with Crippen molar-refractivity contribution in [1.29, 1.82) is 0 Å². The lowest BCUT2D eigenvalue weighted by atomic mass is 9.45. The molecular formula is C22H32O4. The van der Waals surface area contributed by atoms with Gasteiger partial charge in [-0.25, -0.2) is 4.79 Å². The fourth-order valence-corrected chi connectivity index (χ4v) is 7.57. The van der Waals surface area contributed by atoms with Gasteiger partial charge in [0.25, 0.3) is 0 Å². The van der Waals surface area contributed by atoms with Crippen molar-refractivity contribution in [3.05, 3.63) is 11.6 Å². The Kier molecular flexibility index (Phi) is 4.24. The van der Waals surface area contributed by atoms with E-state index < -0.39 is 5.97 Å². The van der Waals surface area contributed by atoms with Gasteiger partial charge in [0.2, 0.25) is 0 Å².